The molecule has 1 aromatic rings. The fourth-order valence-electron chi connectivity index (χ4n) is 1.37. The molecule has 1 rings (SSSR count). The molecular weight excluding hydrogens is 236 g/mol. The van der Waals surface area contributed by atoms with Gasteiger partial charge in [-0.15, -0.1) is 11.6 Å². The standard InChI is InChI=1S/C10H13ClO3S/c1-8-4-5-9(3-2-6-11)10(7-8)15(12,13)14/h4-5,7H,2-3,6H2,1H3,(H,12,13,14). The average molecular weight is 249 g/mol. The highest BCUT2D eigenvalue weighted by Gasteiger charge is 2.14. The van der Waals surface area contributed by atoms with Gasteiger partial charge in [-0.2, -0.15) is 8.42 Å². The van der Waals surface area contributed by atoms with E-state index < -0.39 is 10.1 Å². The Morgan fingerprint density at radius 2 is 2.07 bits per heavy atom. The molecule has 0 saturated carbocycles. The van der Waals surface area contributed by atoms with Crippen LogP contribution in [0.4, 0.5) is 0 Å². The minimum Gasteiger partial charge on any atom is -0.282 e. The van der Waals surface area contributed by atoms with Crippen LogP contribution in [0.25, 0.3) is 0 Å². The van der Waals surface area contributed by atoms with E-state index >= 15 is 0 Å². The van der Waals surface area contributed by atoms with Crippen molar-refractivity contribution in [2.45, 2.75) is 24.7 Å². The lowest BCUT2D eigenvalue weighted by atomic mass is 10.1. The van der Waals surface area contributed by atoms with Crippen LogP contribution in [-0.2, 0) is 16.5 Å². The number of hydrogen-bond donors (Lipinski definition) is 1. The van der Waals surface area contributed by atoms with E-state index in [-0.39, 0.29) is 4.90 Å². The van der Waals surface area contributed by atoms with E-state index in [9.17, 15) is 8.42 Å². The molecule has 5 heteroatoms. The quantitative estimate of drug-likeness (QED) is 0.658. The van der Waals surface area contributed by atoms with Gasteiger partial charge in [-0.25, -0.2) is 0 Å². The van der Waals surface area contributed by atoms with Gasteiger partial charge in [-0.1, -0.05) is 12.1 Å². The van der Waals surface area contributed by atoms with Crippen molar-refractivity contribution in [2.75, 3.05) is 5.88 Å². The number of halogens is 1. The molecular formula is C10H13ClO3S. The van der Waals surface area contributed by atoms with Crippen LogP contribution in [0.2, 0.25) is 0 Å². The monoisotopic (exact) mass is 248 g/mol. The van der Waals surface area contributed by atoms with E-state index in [1.54, 1.807) is 13.0 Å². The third-order valence-corrected chi connectivity index (χ3v) is 3.28. The van der Waals surface area contributed by atoms with Crippen molar-refractivity contribution in [3.8, 4) is 0 Å². The van der Waals surface area contributed by atoms with Gasteiger partial charge in [0.15, 0.2) is 0 Å². The van der Waals surface area contributed by atoms with Crippen LogP contribution in [0, 0.1) is 6.92 Å². The minimum atomic E-state index is -4.13. The Labute approximate surface area is 94.8 Å². The maximum atomic E-state index is 11.1. The van der Waals surface area contributed by atoms with Crippen LogP contribution in [0.3, 0.4) is 0 Å². The average Bonchev–Trinajstić information content (AvgIpc) is 2.14. The number of rotatable bonds is 4. The summed E-state index contributed by atoms with van der Waals surface area (Å²) >= 11 is 5.54. The Morgan fingerprint density at radius 3 is 2.60 bits per heavy atom. The summed E-state index contributed by atoms with van der Waals surface area (Å²) in [5, 5.41) is 0. The normalized spacial score (nSPS) is 11.7. The van der Waals surface area contributed by atoms with Crippen molar-refractivity contribution in [1.29, 1.82) is 0 Å². The lowest BCUT2D eigenvalue weighted by molar-refractivity contribution is 0.482. The molecule has 0 bridgehead atoms. The SMILES string of the molecule is Cc1ccc(CCCCl)c(S(=O)(=O)O)c1. The van der Waals surface area contributed by atoms with Crippen molar-refractivity contribution in [1.82, 2.24) is 0 Å². The first kappa shape index (κ1) is 12.5. The second-order valence-electron chi connectivity index (χ2n) is 3.38. The first-order chi connectivity index (χ1) is 6.95. The third-order valence-electron chi connectivity index (χ3n) is 2.08. The topological polar surface area (TPSA) is 54.4 Å². The first-order valence-electron chi connectivity index (χ1n) is 4.58. The van der Waals surface area contributed by atoms with Crippen LogP contribution in [0.1, 0.15) is 17.5 Å². The summed E-state index contributed by atoms with van der Waals surface area (Å²) < 4.78 is 31.2. The molecule has 0 saturated heterocycles. The van der Waals surface area contributed by atoms with Crippen molar-refractivity contribution < 1.29 is 13.0 Å². The Bertz CT molecular complexity index is 440. The van der Waals surface area contributed by atoms with E-state index in [1.807, 2.05) is 6.07 Å². The molecule has 84 valence electrons. The molecule has 0 heterocycles. The second kappa shape index (κ2) is 4.96. The first-order valence-corrected chi connectivity index (χ1v) is 6.55. The third kappa shape index (κ3) is 3.48. The van der Waals surface area contributed by atoms with Crippen LogP contribution in [0.15, 0.2) is 23.1 Å². The Morgan fingerprint density at radius 1 is 1.40 bits per heavy atom. The van der Waals surface area contributed by atoms with Gasteiger partial charge in [0.25, 0.3) is 10.1 Å². The smallest absolute Gasteiger partial charge is 0.282 e. The second-order valence-corrected chi connectivity index (χ2v) is 5.15. The van der Waals surface area contributed by atoms with E-state index in [0.29, 0.717) is 24.3 Å². The van der Waals surface area contributed by atoms with E-state index in [2.05, 4.69) is 0 Å². The van der Waals surface area contributed by atoms with Crippen LogP contribution in [0.5, 0.6) is 0 Å². The van der Waals surface area contributed by atoms with Gasteiger partial charge in [-0.05, 0) is 37.0 Å². The minimum absolute atomic E-state index is 0.00684. The Hall–Kier alpha value is -0.580. The molecule has 0 aliphatic heterocycles. The van der Waals surface area contributed by atoms with Crippen molar-refractivity contribution >= 4 is 21.7 Å². The molecule has 0 radical (unpaired) electrons. The zero-order valence-electron chi connectivity index (χ0n) is 8.40. The van der Waals surface area contributed by atoms with Crippen LogP contribution < -0.4 is 0 Å². The summed E-state index contributed by atoms with van der Waals surface area (Å²) in [4.78, 5) is -0.00684. The molecule has 1 aromatic carbocycles. The lowest BCUT2D eigenvalue weighted by Gasteiger charge is -2.07. The van der Waals surface area contributed by atoms with E-state index in [1.165, 1.54) is 6.07 Å². The molecule has 0 aromatic heterocycles. The highest BCUT2D eigenvalue weighted by atomic mass is 35.5. The van der Waals surface area contributed by atoms with Gasteiger partial charge < -0.3 is 0 Å². The van der Waals surface area contributed by atoms with Gasteiger partial charge in [0, 0.05) is 5.88 Å². The highest BCUT2D eigenvalue weighted by molar-refractivity contribution is 7.85. The summed E-state index contributed by atoms with van der Waals surface area (Å²) in [5.41, 5.74) is 1.42. The number of alkyl halides is 1. The van der Waals surface area contributed by atoms with Crippen LogP contribution >= 0.6 is 11.6 Å². The van der Waals surface area contributed by atoms with Gasteiger partial charge in [0.05, 0.1) is 4.90 Å². The predicted molar refractivity (Wildman–Crippen MR) is 60.0 cm³/mol. The summed E-state index contributed by atoms with van der Waals surface area (Å²) in [6, 6.07) is 5.00. The van der Waals surface area contributed by atoms with Crippen molar-refractivity contribution in [3.05, 3.63) is 29.3 Å². The molecule has 0 aliphatic carbocycles. The molecule has 0 atom stereocenters. The fraction of sp³-hybridized carbons (Fsp3) is 0.400. The summed E-state index contributed by atoms with van der Waals surface area (Å²) in [6.45, 7) is 1.78. The zero-order valence-corrected chi connectivity index (χ0v) is 9.98. The molecule has 15 heavy (non-hydrogen) atoms. The summed E-state index contributed by atoms with van der Waals surface area (Å²) in [7, 11) is -4.13. The predicted octanol–water partition coefficient (Wildman–Crippen LogP) is 2.41. The van der Waals surface area contributed by atoms with E-state index in [4.69, 9.17) is 16.2 Å². The number of benzene rings is 1. The van der Waals surface area contributed by atoms with Crippen molar-refractivity contribution in [2.24, 2.45) is 0 Å². The van der Waals surface area contributed by atoms with Gasteiger partial charge in [-0.3, -0.25) is 4.55 Å². The number of aryl methyl sites for hydroxylation is 2. The molecule has 0 unspecified atom stereocenters. The number of hydrogen-bond acceptors (Lipinski definition) is 2. The summed E-state index contributed by atoms with van der Waals surface area (Å²) in [5.74, 6) is 0.471. The van der Waals surface area contributed by atoms with Gasteiger partial charge >= 0.3 is 0 Å². The van der Waals surface area contributed by atoms with Crippen molar-refractivity contribution in [3.63, 3.8) is 0 Å². The summed E-state index contributed by atoms with van der Waals surface area (Å²) in [6.07, 6.45) is 1.24. The molecule has 0 spiro atoms. The maximum absolute atomic E-state index is 11.1. The molecule has 1 N–H and O–H groups in total. The molecule has 0 fully saturated rings. The van der Waals surface area contributed by atoms with E-state index in [0.717, 1.165) is 5.56 Å². The Kier molecular flexibility index (Phi) is 4.13. The molecule has 3 nitrogen and oxygen atoms in total. The van der Waals surface area contributed by atoms with Crippen LogP contribution in [-0.4, -0.2) is 18.9 Å². The Balaban J connectivity index is 3.15. The lowest BCUT2D eigenvalue weighted by Crippen LogP contribution is -2.04. The largest absolute Gasteiger partial charge is 0.294 e. The fourth-order valence-corrected chi connectivity index (χ4v) is 2.34. The van der Waals surface area contributed by atoms with Gasteiger partial charge in [0.1, 0.15) is 0 Å². The zero-order chi connectivity index (χ0) is 11.5. The maximum Gasteiger partial charge on any atom is 0.294 e. The van der Waals surface area contributed by atoms with Gasteiger partial charge in [0.2, 0.25) is 0 Å². The highest BCUT2D eigenvalue weighted by Crippen LogP contribution is 2.19. The molecule has 0 aliphatic rings. The molecule has 0 amide bonds.